The average Bonchev–Trinajstić information content (AvgIpc) is 2.28. The number of hydrogen-bond acceptors (Lipinski definition) is 3. The minimum atomic E-state index is -2.36. The van der Waals surface area contributed by atoms with Crippen molar-refractivity contribution in [2.75, 3.05) is 6.61 Å². The van der Waals surface area contributed by atoms with Crippen LogP contribution in [0.15, 0.2) is 24.3 Å². The average molecular weight is 279 g/mol. The lowest BCUT2D eigenvalue weighted by molar-refractivity contribution is -0.142. The van der Waals surface area contributed by atoms with Crippen LogP contribution in [0.25, 0.3) is 0 Å². The van der Waals surface area contributed by atoms with E-state index in [1.807, 2.05) is 0 Å². The monoisotopic (exact) mass is 278 g/mol. The van der Waals surface area contributed by atoms with Gasteiger partial charge in [0.2, 0.25) is 5.78 Å². The molecule has 1 aromatic carbocycles. The molecule has 0 amide bonds. The molecule has 0 heterocycles. The number of ketones is 1. The van der Waals surface area contributed by atoms with Gasteiger partial charge in [0.05, 0.1) is 6.61 Å². The van der Waals surface area contributed by atoms with E-state index in [1.54, 1.807) is 6.92 Å². The van der Waals surface area contributed by atoms with Gasteiger partial charge in [-0.15, -0.1) is 0 Å². The minimum absolute atomic E-state index is 0.0381. The summed E-state index contributed by atoms with van der Waals surface area (Å²) in [6.07, 6.45) is 0. The molecule has 17 heavy (non-hydrogen) atoms. The largest absolute Gasteiger partial charge is 0.463 e. The molecule has 92 valence electrons. The Morgan fingerprint density at radius 2 is 2.06 bits per heavy atom. The van der Waals surface area contributed by atoms with Crippen molar-refractivity contribution < 1.29 is 18.7 Å². The number of Topliss-reactive ketones (excluding diaryl/α,β-unsaturated/α-hetero) is 1. The number of rotatable bonds is 4. The third-order valence-corrected chi connectivity index (χ3v) is 2.56. The summed E-state index contributed by atoms with van der Waals surface area (Å²) >= 11 is 11.2. The van der Waals surface area contributed by atoms with Crippen LogP contribution < -0.4 is 0 Å². The number of halogens is 3. The molecule has 0 unspecified atom stereocenters. The predicted octanol–water partition coefficient (Wildman–Crippen LogP) is 2.75. The van der Waals surface area contributed by atoms with Crippen LogP contribution in [0.5, 0.6) is 0 Å². The fraction of sp³-hybridized carbons (Fsp3) is 0.273. The Hall–Kier alpha value is -1.13. The third-order valence-electron chi connectivity index (χ3n) is 1.90. The summed E-state index contributed by atoms with van der Waals surface area (Å²) < 4.78 is 15.1. The highest BCUT2D eigenvalue weighted by Crippen LogP contribution is 2.28. The summed E-state index contributed by atoms with van der Waals surface area (Å²) in [4.78, 5) is 23.2. The summed E-state index contributed by atoms with van der Waals surface area (Å²) in [5, 5.41) is 0. The van der Waals surface area contributed by atoms with Gasteiger partial charge in [-0.05, 0) is 19.1 Å². The van der Waals surface area contributed by atoms with Gasteiger partial charge in [0, 0.05) is 5.56 Å². The Morgan fingerprint density at radius 1 is 1.41 bits per heavy atom. The van der Waals surface area contributed by atoms with Gasteiger partial charge in [-0.3, -0.25) is 4.79 Å². The Morgan fingerprint density at radius 3 is 2.59 bits per heavy atom. The molecule has 1 rings (SSSR count). The summed E-state index contributed by atoms with van der Waals surface area (Å²) in [6.45, 7) is 1.59. The summed E-state index contributed by atoms with van der Waals surface area (Å²) in [7, 11) is 0. The first-order valence-electron chi connectivity index (χ1n) is 4.75. The van der Waals surface area contributed by atoms with Gasteiger partial charge in [0.1, 0.15) is 5.82 Å². The molecule has 0 spiro atoms. The first-order chi connectivity index (χ1) is 7.89. The summed E-state index contributed by atoms with van der Waals surface area (Å²) in [6, 6.07) is 4.73. The molecule has 0 aliphatic carbocycles. The van der Waals surface area contributed by atoms with Crippen molar-refractivity contribution in [1.82, 2.24) is 0 Å². The summed E-state index contributed by atoms with van der Waals surface area (Å²) in [5.41, 5.74) is -0.0944. The van der Waals surface area contributed by atoms with Crippen molar-refractivity contribution in [3.63, 3.8) is 0 Å². The van der Waals surface area contributed by atoms with Crippen molar-refractivity contribution >= 4 is 35.0 Å². The zero-order valence-electron chi connectivity index (χ0n) is 8.88. The number of ether oxygens (including phenoxy) is 1. The molecular weight excluding hydrogens is 270 g/mol. The van der Waals surface area contributed by atoms with E-state index in [9.17, 15) is 14.0 Å². The van der Waals surface area contributed by atoms with Crippen LogP contribution in [0.4, 0.5) is 4.39 Å². The topological polar surface area (TPSA) is 43.4 Å². The number of benzene rings is 1. The molecule has 0 aromatic heterocycles. The van der Waals surface area contributed by atoms with Crippen LogP contribution >= 0.6 is 23.2 Å². The number of carbonyl (C=O) groups excluding carboxylic acids is 2. The molecule has 0 saturated heterocycles. The van der Waals surface area contributed by atoms with E-state index in [0.717, 1.165) is 12.1 Å². The van der Waals surface area contributed by atoms with E-state index in [0.29, 0.717) is 0 Å². The maximum Gasteiger partial charge on any atom is 0.350 e. The lowest BCUT2D eigenvalue weighted by Gasteiger charge is -2.16. The molecule has 0 radical (unpaired) electrons. The van der Waals surface area contributed by atoms with Crippen LogP contribution in [-0.4, -0.2) is 22.7 Å². The first-order valence-corrected chi connectivity index (χ1v) is 5.50. The Balaban J connectivity index is 3.00. The van der Waals surface area contributed by atoms with Crippen LogP contribution in [-0.2, 0) is 9.53 Å². The molecular formula is C11H9Cl2FO3. The Bertz CT molecular complexity index is 446. The van der Waals surface area contributed by atoms with Crippen LogP contribution in [0.3, 0.4) is 0 Å². The number of hydrogen-bond donors (Lipinski definition) is 0. The third kappa shape index (κ3) is 3.17. The number of esters is 1. The van der Waals surface area contributed by atoms with E-state index in [1.165, 1.54) is 12.1 Å². The zero-order valence-corrected chi connectivity index (χ0v) is 10.4. The van der Waals surface area contributed by atoms with Crippen LogP contribution in [0, 0.1) is 5.82 Å². The van der Waals surface area contributed by atoms with Crippen molar-refractivity contribution in [3.8, 4) is 0 Å². The molecule has 0 aliphatic rings. The minimum Gasteiger partial charge on any atom is -0.463 e. The van der Waals surface area contributed by atoms with Crippen molar-refractivity contribution in [2.24, 2.45) is 0 Å². The molecule has 0 atom stereocenters. The quantitative estimate of drug-likeness (QED) is 0.368. The maximum atomic E-state index is 12.9. The Labute approximate surface area is 107 Å². The first kappa shape index (κ1) is 13.9. The standard InChI is InChI=1S/C11H9Cl2FO3/c1-2-17-10(16)11(12,13)9(15)7-4-3-5-8(14)6-7/h3-6H,2H2,1H3. The van der Waals surface area contributed by atoms with Gasteiger partial charge in [-0.2, -0.15) is 0 Å². The maximum absolute atomic E-state index is 12.9. The van der Waals surface area contributed by atoms with Gasteiger partial charge >= 0.3 is 5.97 Å². The second-order valence-corrected chi connectivity index (χ2v) is 4.46. The molecule has 3 nitrogen and oxygen atoms in total. The van der Waals surface area contributed by atoms with Gasteiger partial charge in [0.25, 0.3) is 4.33 Å². The molecule has 0 saturated carbocycles. The van der Waals surface area contributed by atoms with E-state index in [-0.39, 0.29) is 12.2 Å². The van der Waals surface area contributed by atoms with Crippen LogP contribution in [0.1, 0.15) is 17.3 Å². The van der Waals surface area contributed by atoms with Gasteiger partial charge < -0.3 is 4.74 Å². The number of carbonyl (C=O) groups is 2. The van der Waals surface area contributed by atoms with E-state index < -0.39 is 21.9 Å². The Kier molecular flexibility index (Phi) is 4.48. The lowest BCUT2D eigenvalue weighted by atomic mass is 10.1. The van der Waals surface area contributed by atoms with Crippen LogP contribution in [0.2, 0.25) is 0 Å². The zero-order chi connectivity index (χ0) is 13.1. The predicted molar refractivity (Wildman–Crippen MR) is 61.8 cm³/mol. The normalized spacial score (nSPS) is 11.1. The van der Waals surface area contributed by atoms with Crippen molar-refractivity contribution in [2.45, 2.75) is 11.3 Å². The van der Waals surface area contributed by atoms with Gasteiger partial charge in [-0.1, -0.05) is 35.3 Å². The molecule has 0 aliphatic heterocycles. The molecule has 1 aromatic rings. The molecule has 0 fully saturated rings. The molecule has 6 heteroatoms. The number of alkyl halides is 2. The van der Waals surface area contributed by atoms with E-state index in [2.05, 4.69) is 4.74 Å². The highest BCUT2D eigenvalue weighted by Gasteiger charge is 2.44. The van der Waals surface area contributed by atoms with E-state index in [4.69, 9.17) is 23.2 Å². The summed E-state index contributed by atoms with van der Waals surface area (Å²) in [5.74, 6) is -2.61. The highest BCUT2D eigenvalue weighted by molar-refractivity contribution is 6.68. The van der Waals surface area contributed by atoms with Crippen molar-refractivity contribution in [3.05, 3.63) is 35.6 Å². The van der Waals surface area contributed by atoms with E-state index >= 15 is 0 Å². The molecule has 0 bridgehead atoms. The lowest BCUT2D eigenvalue weighted by Crippen LogP contribution is -2.37. The second-order valence-electron chi connectivity index (χ2n) is 3.13. The fourth-order valence-electron chi connectivity index (χ4n) is 1.13. The molecule has 0 N–H and O–H groups in total. The van der Waals surface area contributed by atoms with Crippen molar-refractivity contribution in [1.29, 1.82) is 0 Å². The smallest absolute Gasteiger partial charge is 0.350 e. The SMILES string of the molecule is CCOC(=O)C(Cl)(Cl)C(=O)c1cccc(F)c1. The second kappa shape index (κ2) is 5.47. The highest BCUT2D eigenvalue weighted by atomic mass is 35.5. The van der Waals surface area contributed by atoms with Gasteiger partial charge in [0.15, 0.2) is 0 Å². The van der Waals surface area contributed by atoms with Gasteiger partial charge in [-0.25, -0.2) is 9.18 Å². The fourth-order valence-corrected chi connectivity index (χ4v) is 1.45.